The molecule has 6 heteroatoms. The van der Waals surface area contributed by atoms with E-state index in [0.29, 0.717) is 17.7 Å². The van der Waals surface area contributed by atoms with Crippen molar-refractivity contribution in [3.63, 3.8) is 0 Å². The zero-order valence-electron chi connectivity index (χ0n) is 13.3. The van der Waals surface area contributed by atoms with Gasteiger partial charge in [-0.3, -0.25) is 4.79 Å². The zero-order chi connectivity index (χ0) is 15.2. The van der Waals surface area contributed by atoms with Crippen molar-refractivity contribution in [1.29, 1.82) is 0 Å². The first-order chi connectivity index (χ1) is 10.1. The van der Waals surface area contributed by atoms with E-state index in [2.05, 4.69) is 34.8 Å². The summed E-state index contributed by atoms with van der Waals surface area (Å²) in [6.45, 7) is 8.41. The molecule has 1 saturated heterocycles. The van der Waals surface area contributed by atoms with Gasteiger partial charge in [0.15, 0.2) is 5.69 Å². The lowest BCUT2D eigenvalue weighted by atomic mass is 10.0. The number of hydrogen-bond donors (Lipinski definition) is 2. The van der Waals surface area contributed by atoms with Crippen molar-refractivity contribution in [2.45, 2.75) is 58.5 Å². The number of nitrogens with zero attached hydrogens (tertiary/aromatic N) is 3. The van der Waals surface area contributed by atoms with Gasteiger partial charge in [0.05, 0.1) is 12.2 Å². The molecule has 0 aliphatic carbocycles. The molecule has 2 heterocycles. The fourth-order valence-corrected chi connectivity index (χ4v) is 2.76. The first kappa shape index (κ1) is 15.9. The highest BCUT2D eigenvalue weighted by Crippen LogP contribution is 2.17. The second kappa shape index (κ2) is 7.54. The largest absolute Gasteiger partial charge is 0.348 e. The Bertz CT molecular complexity index is 453. The number of amides is 1. The van der Waals surface area contributed by atoms with Gasteiger partial charge < -0.3 is 10.6 Å². The van der Waals surface area contributed by atoms with E-state index < -0.39 is 0 Å². The summed E-state index contributed by atoms with van der Waals surface area (Å²) in [4.78, 5) is 12.2. The van der Waals surface area contributed by atoms with Gasteiger partial charge in [-0.25, -0.2) is 4.68 Å². The molecule has 2 atom stereocenters. The maximum atomic E-state index is 12.2. The minimum absolute atomic E-state index is 0.119. The standard InChI is InChI=1S/C15H27N5O/c1-4-11(2)9-12(3)17-15(21)14-10-20(19-18-14)13-5-7-16-8-6-13/h10-13,16H,4-9H2,1-3H3,(H,17,21). The number of carbonyl (C=O) groups excluding carboxylic acids is 1. The first-order valence-corrected chi connectivity index (χ1v) is 8.03. The normalized spacial score (nSPS) is 19.2. The lowest BCUT2D eigenvalue weighted by molar-refractivity contribution is 0.0930. The van der Waals surface area contributed by atoms with Crippen molar-refractivity contribution in [3.05, 3.63) is 11.9 Å². The van der Waals surface area contributed by atoms with Crippen LogP contribution in [0, 0.1) is 5.92 Å². The van der Waals surface area contributed by atoms with Crippen LogP contribution in [0.1, 0.15) is 63.0 Å². The summed E-state index contributed by atoms with van der Waals surface area (Å²) in [6, 6.07) is 0.523. The van der Waals surface area contributed by atoms with Crippen molar-refractivity contribution >= 4 is 5.91 Å². The molecule has 0 aromatic carbocycles. The van der Waals surface area contributed by atoms with Crippen LogP contribution in [0.4, 0.5) is 0 Å². The van der Waals surface area contributed by atoms with Crippen LogP contribution >= 0.6 is 0 Å². The van der Waals surface area contributed by atoms with Gasteiger partial charge in [-0.1, -0.05) is 25.5 Å². The molecule has 1 aromatic rings. The van der Waals surface area contributed by atoms with E-state index in [1.165, 1.54) is 0 Å². The SMILES string of the molecule is CCC(C)CC(C)NC(=O)c1cn(C2CCNCC2)nn1. The highest BCUT2D eigenvalue weighted by atomic mass is 16.2. The fourth-order valence-electron chi connectivity index (χ4n) is 2.76. The van der Waals surface area contributed by atoms with E-state index in [1.807, 2.05) is 11.6 Å². The molecule has 2 rings (SSSR count). The Balaban J connectivity index is 1.89. The van der Waals surface area contributed by atoms with Crippen LogP contribution in [0.5, 0.6) is 0 Å². The third-order valence-corrected chi connectivity index (χ3v) is 4.26. The average Bonchev–Trinajstić information content (AvgIpc) is 2.97. The number of hydrogen-bond acceptors (Lipinski definition) is 4. The third kappa shape index (κ3) is 4.52. The summed E-state index contributed by atoms with van der Waals surface area (Å²) in [5.41, 5.74) is 0.421. The van der Waals surface area contributed by atoms with Gasteiger partial charge in [-0.15, -0.1) is 5.10 Å². The molecule has 1 amide bonds. The minimum atomic E-state index is -0.119. The second-order valence-corrected chi connectivity index (χ2v) is 6.19. The van der Waals surface area contributed by atoms with E-state index in [4.69, 9.17) is 0 Å². The molecule has 1 aromatic heterocycles. The predicted molar refractivity (Wildman–Crippen MR) is 82.2 cm³/mol. The van der Waals surface area contributed by atoms with Crippen molar-refractivity contribution in [2.24, 2.45) is 5.92 Å². The summed E-state index contributed by atoms with van der Waals surface area (Å²) in [7, 11) is 0. The molecule has 0 bridgehead atoms. The van der Waals surface area contributed by atoms with E-state index >= 15 is 0 Å². The smallest absolute Gasteiger partial charge is 0.273 e. The molecular formula is C15H27N5O. The number of piperidine rings is 1. The summed E-state index contributed by atoms with van der Waals surface area (Å²) >= 11 is 0. The maximum Gasteiger partial charge on any atom is 0.273 e. The monoisotopic (exact) mass is 293 g/mol. The summed E-state index contributed by atoms with van der Waals surface area (Å²) in [5.74, 6) is 0.497. The Morgan fingerprint density at radius 3 is 2.86 bits per heavy atom. The van der Waals surface area contributed by atoms with Gasteiger partial charge in [0.25, 0.3) is 5.91 Å². The molecular weight excluding hydrogens is 266 g/mol. The van der Waals surface area contributed by atoms with Gasteiger partial charge in [-0.2, -0.15) is 0 Å². The first-order valence-electron chi connectivity index (χ1n) is 8.03. The van der Waals surface area contributed by atoms with Crippen molar-refractivity contribution < 1.29 is 4.79 Å². The van der Waals surface area contributed by atoms with Crippen LogP contribution in [-0.4, -0.2) is 40.0 Å². The number of rotatable bonds is 6. The minimum Gasteiger partial charge on any atom is -0.348 e. The quantitative estimate of drug-likeness (QED) is 0.838. The Kier molecular flexibility index (Phi) is 5.73. The Morgan fingerprint density at radius 1 is 1.48 bits per heavy atom. The fraction of sp³-hybridized carbons (Fsp3) is 0.800. The lowest BCUT2D eigenvalue weighted by Gasteiger charge is -2.22. The van der Waals surface area contributed by atoms with E-state index in [-0.39, 0.29) is 11.9 Å². The number of carbonyl (C=O) groups is 1. The number of nitrogens with one attached hydrogen (secondary N) is 2. The molecule has 2 unspecified atom stereocenters. The molecule has 118 valence electrons. The summed E-state index contributed by atoms with van der Waals surface area (Å²) in [6.07, 6.45) is 5.97. The van der Waals surface area contributed by atoms with Crippen LogP contribution in [0.25, 0.3) is 0 Å². The van der Waals surface area contributed by atoms with Crippen molar-refractivity contribution in [2.75, 3.05) is 13.1 Å². The highest BCUT2D eigenvalue weighted by Gasteiger charge is 2.19. The van der Waals surface area contributed by atoms with Crippen LogP contribution in [0.15, 0.2) is 6.20 Å². The molecule has 6 nitrogen and oxygen atoms in total. The van der Waals surface area contributed by atoms with Crippen LogP contribution < -0.4 is 10.6 Å². The van der Waals surface area contributed by atoms with E-state index in [0.717, 1.165) is 38.8 Å². The molecule has 1 aliphatic heterocycles. The molecule has 1 aliphatic rings. The van der Waals surface area contributed by atoms with Crippen LogP contribution in [-0.2, 0) is 0 Å². The Morgan fingerprint density at radius 2 is 2.19 bits per heavy atom. The van der Waals surface area contributed by atoms with Crippen molar-refractivity contribution in [1.82, 2.24) is 25.6 Å². The van der Waals surface area contributed by atoms with Gasteiger partial charge >= 0.3 is 0 Å². The lowest BCUT2D eigenvalue weighted by Crippen LogP contribution is -2.34. The Hall–Kier alpha value is -1.43. The Labute approximate surface area is 126 Å². The van der Waals surface area contributed by atoms with E-state index in [9.17, 15) is 4.79 Å². The predicted octanol–water partition coefficient (Wildman–Crippen LogP) is 1.76. The van der Waals surface area contributed by atoms with Gasteiger partial charge in [0, 0.05) is 6.04 Å². The van der Waals surface area contributed by atoms with Gasteiger partial charge in [0.1, 0.15) is 0 Å². The summed E-state index contributed by atoms with van der Waals surface area (Å²) in [5, 5.41) is 14.5. The third-order valence-electron chi connectivity index (χ3n) is 4.26. The highest BCUT2D eigenvalue weighted by molar-refractivity contribution is 5.92. The van der Waals surface area contributed by atoms with E-state index in [1.54, 1.807) is 6.20 Å². The molecule has 1 fully saturated rings. The molecule has 2 N–H and O–H groups in total. The van der Waals surface area contributed by atoms with Crippen LogP contribution in [0.2, 0.25) is 0 Å². The maximum absolute atomic E-state index is 12.2. The second-order valence-electron chi connectivity index (χ2n) is 6.19. The molecule has 0 spiro atoms. The average molecular weight is 293 g/mol. The molecule has 0 saturated carbocycles. The van der Waals surface area contributed by atoms with Gasteiger partial charge in [0.2, 0.25) is 0 Å². The topological polar surface area (TPSA) is 71.8 Å². The molecule has 21 heavy (non-hydrogen) atoms. The van der Waals surface area contributed by atoms with Gasteiger partial charge in [-0.05, 0) is 45.2 Å². The zero-order valence-corrected chi connectivity index (χ0v) is 13.3. The van der Waals surface area contributed by atoms with Crippen molar-refractivity contribution in [3.8, 4) is 0 Å². The van der Waals surface area contributed by atoms with Crippen LogP contribution in [0.3, 0.4) is 0 Å². The number of aromatic nitrogens is 3. The summed E-state index contributed by atoms with van der Waals surface area (Å²) < 4.78 is 1.84. The molecule has 0 radical (unpaired) electrons.